The van der Waals surface area contributed by atoms with E-state index in [1.807, 2.05) is 6.07 Å². The molecule has 3 atom stereocenters. The highest BCUT2D eigenvalue weighted by molar-refractivity contribution is 5.71. The molecule has 1 aliphatic heterocycles. The van der Waals surface area contributed by atoms with Crippen LogP contribution in [0.25, 0.3) is 0 Å². The second kappa shape index (κ2) is 9.96. The maximum absolute atomic E-state index is 10.6. The molecule has 0 amide bonds. The highest BCUT2D eigenvalue weighted by Crippen LogP contribution is 2.48. The zero-order valence-corrected chi connectivity index (χ0v) is 18.9. The lowest BCUT2D eigenvalue weighted by molar-refractivity contribution is 0.0198. The number of hydrogen-bond donors (Lipinski definition) is 3. The molecule has 0 fully saturated rings. The summed E-state index contributed by atoms with van der Waals surface area (Å²) in [7, 11) is 3.44. The van der Waals surface area contributed by atoms with Gasteiger partial charge in [0.25, 0.3) is 0 Å². The van der Waals surface area contributed by atoms with Crippen LogP contribution >= 0.6 is 0 Å². The highest BCUT2D eigenvalue weighted by Gasteiger charge is 2.39. The van der Waals surface area contributed by atoms with Gasteiger partial charge in [0.05, 0.1) is 13.2 Å². The highest BCUT2D eigenvalue weighted by atomic mass is 16.5. The molecule has 1 aromatic carbocycles. The van der Waals surface area contributed by atoms with Crippen molar-refractivity contribution in [2.24, 2.45) is 5.92 Å². The Balaban J connectivity index is 1.63. The first-order valence-corrected chi connectivity index (χ1v) is 10.9. The molecular formula is C24H37N3O3. The molecule has 1 aliphatic carbocycles. The number of allylic oxidation sites excluding steroid dienone is 2. The number of methoxy groups -OCH3 is 2. The molecule has 3 unspecified atom stereocenters. The lowest BCUT2D eigenvalue weighted by Crippen LogP contribution is -2.46. The lowest BCUT2D eigenvalue weighted by Gasteiger charge is -2.27. The third-order valence-electron chi connectivity index (χ3n) is 6.41. The van der Waals surface area contributed by atoms with E-state index in [0.717, 1.165) is 31.6 Å². The molecule has 0 saturated heterocycles. The molecule has 0 saturated carbocycles. The number of benzene rings is 1. The second-order valence-corrected chi connectivity index (χ2v) is 8.61. The fourth-order valence-corrected chi connectivity index (χ4v) is 4.62. The Kier molecular flexibility index (Phi) is 7.58. The molecule has 3 N–H and O–H groups in total. The van der Waals surface area contributed by atoms with E-state index in [1.54, 1.807) is 14.2 Å². The summed E-state index contributed by atoms with van der Waals surface area (Å²) < 4.78 is 10.9. The number of rotatable bonds is 8. The minimum Gasteiger partial charge on any atom is -0.497 e. The van der Waals surface area contributed by atoms with Crippen LogP contribution in [-0.2, 0) is 10.2 Å². The zero-order valence-electron chi connectivity index (χ0n) is 18.9. The van der Waals surface area contributed by atoms with Crippen molar-refractivity contribution >= 4 is 5.69 Å². The summed E-state index contributed by atoms with van der Waals surface area (Å²) in [5.74, 6) is 1.01. The molecule has 0 spiro atoms. The molecule has 6 heteroatoms. The second-order valence-electron chi connectivity index (χ2n) is 8.61. The Morgan fingerprint density at radius 1 is 1.27 bits per heavy atom. The van der Waals surface area contributed by atoms with E-state index < -0.39 is 6.23 Å². The van der Waals surface area contributed by atoms with E-state index >= 15 is 0 Å². The number of aliphatic hydroxyl groups is 1. The number of fused-ring (bicyclic) bond motifs is 1. The van der Waals surface area contributed by atoms with Crippen LogP contribution in [0.1, 0.15) is 45.6 Å². The number of nitrogens with zero attached hydrogens (tertiary/aromatic N) is 1. The first-order chi connectivity index (χ1) is 14.4. The van der Waals surface area contributed by atoms with Crippen molar-refractivity contribution in [3.05, 3.63) is 47.7 Å². The molecule has 0 aromatic heterocycles. The van der Waals surface area contributed by atoms with Gasteiger partial charge in [0.15, 0.2) is 0 Å². The Morgan fingerprint density at radius 3 is 2.73 bits per heavy atom. The van der Waals surface area contributed by atoms with Crippen molar-refractivity contribution in [1.29, 1.82) is 0 Å². The number of anilines is 1. The summed E-state index contributed by atoms with van der Waals surface area (Å²) in [4.78, 5) is 2.35. The summed E-state index contributed by atoms with van der Waals surface area (Å²) in [5.41, 5.74) is 9.94. The molecule has 1 heterocycles. The van der Waals surface area contributed by atoms with Crippen LogP contribution in [0.15, 0.2) is 42.1 Å². The van der Waals surface area contributed by atoms with Gasteiger partial charge in [0.2, 0.25) is 0 Å². The maximum Gasteiger partial charge on any atom is 0.120 e. The minimum atomic E-state index is -0.621. The smallest absolute Gasteiger partial charge is 0.120 e. The summed E-state index contributed by atoms with van der Waals surface area (Å²) in [6.45, 7) is 8.19. The van der Waals surface area contributed by atoms with Crippen molar-refractivity contribution in [3.8, 4) is 5.75 Å². The average Bonchev–Trinajstić information content (AvgIpc) is 2.90. The molecule has 6 nitrogen and oxygen atoms in total. The first kappa shape index (κ1) is 22.8. The first-order valence-electron chi connectivity index (χ1n) is 10.9. The standard InChI is InChI=1S/C24H37N3O3/c1-6-27-21-12-11-19(30-5)16-20(21)24(2,3)22(27)13-14-25-26-23(28)17-9-7-8-10-18(15-17)29-4/h7-8,11-13,16-18,23,25-26,28H,6,9-10,14-15H2,1-5H3/b22-13-. The Bertz CT molecular complexity index is 775. The molecule has 0 radical (unpaired) electrons. The third kappa shape index (κ3) is 4.72. The number of nitrogens with one attached hydrogen (secondary N) is 2. The van der Waals surface area contributed by atoms with Crippen LogP contribution < -0.4 is 20.5 Å². The average molecular weight is 416 g/mol. The predicted octanol–water partition coefficient (Wildman–Crippen LogP) is 3.48. The third-order valence-corrected chi connectivity index (χ3v) is 6.41. The van der Waals surface area contributed by atoms with Crippen LogP contribution in [0.2, 0.25) is 0 Å². The van der Waals surface area contributed by atoms with Crippen LogP contribution in [0.5, 0.6) is 5.75 Å². The molecule has 3 rings (SSSR count). The summed E-state index contributed by atoms with van der Waals surface area (Å²) in [6, 6.07) is 6.30. The minimum absolute atomic E-state index is 0.113. The van der Waals surface area contributed by atoms with Crippen molar-refractivity contribution in [2.75, 3.05) is 32.2 Å². The molecular weight excluding hydrogens is 378 g/mol. The lowest BCUT2D eigenvalue weighted by atomic mass is 9.83. The Morgan fingerprint density at radius 2 is 2.03 bits per heavy atom. The SMILES string of the molecule is CCN1/C(=C\CNNC(O)C2CC=CCC(OC)C2)C(C)(C)c2cc(OC)ccc21. The number of likely N-dealkylation sites (N-methyl/N-ethyl adjacent to an activating group) is 1. The Hall–Kier alpha value is -1.86. The van der Waals surface area contributed by atoms with Crippen molar-refractivity contribution < 1.29 is 14.6 Å². The maximum atomic E-state index is 10.6. The zero-order chi connectivity index (χ0) is 21.7. The fraction of sp³-hybridized carbons (Fsp3) is 0.583. The molecule has 1 aromatic rings. The van der Waals surface area contributed by atoms with Gasteiger partial charge in [0, 0.05) is 42.9 Å². The van der Waals surface area contributed by atoms with E-state index in [0.29, 0.717) is 6.54 Å². The monoisotopic (exact) mass is 415 g/mol. The largest absolute Gasteiger partial charge is 0.497 e. The van der Waals surface area contributed by atoms with Crippen molar-refractivity contribution in [1.82, 2.24) is 10.9 Å². The van der Waals surface area contributed by atoms with Gasteiger partial charge in [0.1, 0.15) is 12.0 Å². The number of hydrazine groups is 1. The van der Waals surface area contributed by atoms with E-state index in [-0.39, 0.29) is 17.4 Å². The number of aliphatic hydroxyl groups excluding tert-OH is 1. The van der Waals surface area contributed by atoms with Gasteiger partial charge in [-0.05, 0) is 56.0 Å². The van der Waals surface area contributed by atoms with Gasteiger partial charge >= 0.3 is 0 Å². The van der Waals surface area contributed by atoms with Gasteiger partial charge in [-0.2, -0.15) is 0 Å². The van der Waals surface area contributed by atoms with Crippen LogP contribution in [-0.4, -0.2) is 44.7 Å². The van der Waals surface area contributed by atoms with Gasteiger partial charge in [-0.15, -0.1) is 0 Å². The van der Waals surface area contributed by atoms with Crippen molar-refractivity contribution in [3.63, 3.8) is 0 Å². The fourth-order valence-electron chi connectivity index (χ4n) is 4.62. The molecule has 30 heavy (non-hydrogen) atoms. The van der Waals surface area contributed by atoms with E-state index in [1.165, 1.54) is 16.9 Å². The molecule has 166 valence electrons. The van der Waals surface area contributed by atoms with Gasteiger partial charge in [-0.1, -0.05) is 26.0 Å². The van der Waals surface area contributed by atoms with Gasteiger partial charge in [-0.3, -0.25) is 5.43 Å². The predicted molar refractivity (Wildman–Crippen MR) is 122 cm³/mol. The van der Waals surface area contributed by atoms with Crippen LogP contribution in [0.4, 0.5) is 5.69 Å². The quantitative estimate of drug-likeness (QED) is 0.261. The van der Waals surface area contributed by atoms with Crippen LogP contribution in [0.3, 0.4) is 0 Å². The topological polar surface area (TPSA) is 66.0 Å². The van der Waals surface area contributed by atoms with Gasteiger partial charge in [-0.25, -0.2) is 5.43 Å². The Labute approximate surface area is 180 Å². The number of ether oxygens (including phenoxy) is 2. The summed E-state index contributed by atoms with van der Waals surface area (Å²) in [5, 5.41) is 10.6. The van der Waals surface area contributed by atoms with Gasteiger partial charge < -0.3 is 19.5 Å². The van der Waals surface area contributed by atoms with E-state index in [2.05, 4.69) is 66.9 Å². The summed E-state index contributed by atoms with van der Waals surface area (Å²) in [6.07, 6.45) is 8.64. The van der Waals surface area contributed by atoms with E-state index in [9.17, 15) is 5.11 Å². The van der Waals surface area contributed by atoms with Crippen LogP contribution in [0, 0.1) is 5.92 Å². The number of hydrogen-bond acceptors (Lipinski definition) is 6. The van der Waals surface area contributed by atoms with Crippen molar-refractivity contribution in [2.45, 2.75) is 57.8 Å². The van der Waals surface area contributed by atoms with E-state index in [4.69, 9.17) is 9.47 Å². The molecule has 2 aliphatic rings. The molecule has 0 bridgehead atoms. The normalized spacial score (nSPS) is 25.3. The summed E-state index contributed by atoms with van der Waals surface area (Å²) >= 11 is 0.